The molecule has 0 saturated carbocycles. The highest BCUT2D eigenvalue weighted by molar-refractivity contribution is 7.99. The third kappa shape index (κ3) is 4.20. The zero-order chi connectivity index (χ0) is 19.4. The first-order chi connectivity index (χ1) is 12.9. The number of hydrogen-bond donors (Lipinski definition) is 0. The van der Waals surface area contributed by atoms with Gasteiger partial charge in [0.05, 0.1) is 4.90 Å². The van der Waals surface area contributed by atoms with E-state index in [1.54, 1.807) is 24.1 Å². The molecule has 1 amide bonds. The summed E-state index contributed by atoms with van der Waals surface area (Å²) in [4.78, 5) is 15.5. The van der Waals surface area contributed by atoms with Crippen molar-refractivity contribution in [3.05, 3.63) is 54.6 Å². The van der Waals surface area contributed by atoms with Crippen LogP contribution in [-0.4, -0.2) is 45.0 Å². The van der Waals surface area contributed by atoms with Crippen LogP contribution in [0.4, 0.5) is 5.69 Å². The van der Waals surface area contributed by atoms with E-state index in [0.29, 0.717) is 30.8 Å². The molecule has 0 aromatic heterocycles. The van der Waals surface area contributed by atoms with E-state index in [-0.39, 0.29) is 11.8 Å². The Morgan fingerprint density at radius 2 is 1.63 bits per heavy atom. The lowest BCUT2D eigenvalue weighted by molar-refractivity contribution is -0.123. The number of para-hydroxylation sites is 1. The van der Waals surface area contributed by atoms with Gasteiger partial charge in [0.2, 0.25) is 15.9 Å². The van der Waals surface area contributed by atoms with Crippen molar-refractivity contribution in [2.45, 2.75) is 22.6 Å². The molecule has 5 nitrogen and oxygen atoms in total. The van der Waals surface area contributed by atoms with Crippen LogP contribution < -0.4 is 4.90 Å². The Balaban J connectivity index is 1.69. The standard InChI is InChI=1S/C20H24N2O3S2/c1-21(17-8-4-3-5-9-17)20(23)16-12-14-22(15-13-16)27(24,25)19-11-7-6-10-18(19)26-2/h3-11,16H,12-15H2,1-2H3. The van der Waals surface area contributed by atoms with Crippen molar-refractivity contribution >= 4 is 33.4 Å². The number of amides is 1. The van der Waals surface area contributed by atoms with Crippen LogP contribution in [0.1, 0.15) is 12.8 Å². The Morgan fingerprint density at radius 1 is 1.04 bits per heavy atom. The number of hydrogen-bond acceptors (Lipinski definition) is 4. The van der Waals surface area contributed by atoms with Gasteiger partial charge in [0, 0.05) is 36.6 Å². The second-order valence-electron chi connectivity index (χ2n) is 6.56. The van der Waals surface area contributed by atoms with Crippen molar-refractivity contribution in [1.29, 1.82) is 0 Å². The molecule has 0 spiro atoms. The molecule has 1 aliphatic heterocycles. The smallest absolute Gasteiger partial charge is 0.244 e. The average molecular weight is 405 g/mol. The van der Waals surface area contributed by atoms with Crippen LogP contribution in [0.2, 0.25) is 0 Å². The number of rotatable bonds is 5. The third-order valence-electron chi connectivity index (χ3n) is 4.96. The SMILES string of the molecule is CSc1ccccc1S(=O)(=O)N1CCC(C(=O)N(C)c2ccccc2)CC1. The summed E-state index contributed by atoms with van der Waals surface area (Å²) in [7, 11) is -1.77. The summed E-state index contributed by atoms with van der Waals surface area (Å²) in [6.45, 7) is 0.730. The van der Waals surface area contributed by atoms with Crippen LogP contribution in [0.5, 0.6) is 0 Å². The van der Waals surface area contributed by atoms with E-state index < -0.39 is 10.0 Å². The molecule has 3 rings (SSSR count). The van der Waals surface area contributed by atoms with E-state index in [0.717, 1.165) is 10.6 Å². The molecule has 27 heavy (non-hydrogen) atoms. The lowest BCUT2D eigenvalue weighted by Gasteiger charge is -2.32. The Hall–Kier alpha value is -1.83. The van der Waals surface area contributed by atoms with Crippen LogP contribution in [-0.2, 0) is 14.8 Å². The molecule has 7 heteroatoms. The first-order valence-electron chi connectivity index (χ1n) is 8.91. The van der Waals surface area contributed by atoms with Crippen molar-refractivity contribution in [3.8, 4) is 0 Å². The van der Waals surface area contributed by atoms with E-state index in [2.05, 4.69) is 0 Å². The first-order valence-corrected chi connectivity index (χ1v) is 11.6. The minimum Gasteiger partial charge on any atom is -0.315 e. The van der Waals surface area contributed by atoms with E-state index in [9.17, 15) is 13.2 Å². The van der Waals surface area contributed by atoms with Gasteiger partial charge in [-0.05, 0) is 43.4 Å². The monoisotopic (exact) mass is 404 g/mol. The maximum atomic E-state index is 13.0. The number of piperidine rings is 1. The maximum absolute atomic E-state index is 13.0. The highest BCUT2D eigenvalue weighted by Gasteiger charge is 2.34. The van der Waals surface area contributed by atoms with Crippen molar-refractivity contribution < 1.29 is 13.2 Å². The molecule has 0 aliphatic carbocycles. The van der Waals surface area contributed by atoms with Crippen molar-refractivity contribution in [3.63, 3.8) is 0 Å². The Kier molecular flexibility index (Phi) is 6.24. The van der Waals surface area contributed by atoms with E-state index in [1.807, 2.05) is 48.7 Å². The predicted octanol–water partition coefficient (Wildman–Crippen LogP) is 3.47. The zero-order valence-corrected chi connectivity index (χ0v) is 17.2. The minimum atomic E-state index is -3.54. The highest BCUT2D eigenvalue weighted by Crippen LogP contribution is 2.30. The second kappa shape index (κ2) is 8.46. The molecule has 2 aromatic carbocycles. The summed E-state index contributed by atoms with van der Waals surface area (Å²) in [5.41, 5.74) is 0.853. The molecule has 2 aromatic rings. The van der Waals surface area contributed by atoms with Crippen molar-refractivity contribution in [1.82, 2.24) is 4.31 Å². The Bertz CT molecular complexity index is 892. The third-order valence-corrected chi connectivity index (χ3v) is 7.85. The Morgan fingerprint density at radius 3 is 2.26 bits per heavy atom. The quantitative estimate of drug-likeness (QED) is 0.716. The summed E-state index contributed by atoms with van der Waals surface area (Å²) in [5.74, 6) is -0.111. The molecule has 0 bridgehead atoms. The number of nitrogens with zero attached hydrogens (tertiary/aromatic N) is 2. The average Bonchev–Trinajstić information content (AvgIpc) is 2.73. The normalized spacial score (nSPS) is 16.2. The minimum absolute atomic E-state index is 0.0442. The van der Waals surface area contributed by atoms with Crippen LogP contribution in [0.25, 0.3) is 0 Å². The van der Waals surface area contributed by atoms with Crippen molar-refractivity contribution in [2.24, 2.45) is 5.92 Å². The lowest BCUT2D eigenvalue weighted by atomic mass is 9.96. The predicted molar refractivity (Wildman–Crippen MR) is 110 cm³/mol. The van der Waals surface area contributed by atoms with Gasteiger partial charge in [-0.15, -0.1) is 11.8 Å². The molecule has 0 N–H and O–H groups in total. The molecular weight excluding hydrogens is 380 g/mol. The molecule has 144 valence electrons. The van der Waals surface area contributed by atoms with Crippen LogP contribution in [0, 0.1) is 5.92 Å². The molecule has 0 unspecified atom stereocenters. The number of carbonyl (C=O) groups is 1. The number of sulfonamides is 1. The molecule has 1 saturated heterocycles. The molecular formula is C20H24N2O3S2. The molecule has 1 heterocycles. The van der Waals surface area contributed by atoms with Gasteiger partial charge < -0.3 is 4.90 Å². The lowest BCUT2D eigenvalue weighted by Crippen LogP contribution is -2.43. The van der Waals surface area contributed by atoms with Gasteiger partial charge in [0.15, 0.2) is 0 Å². The number of anilines is 1. The summed E-state index contributed by atoms with van der Waals surface area (Å²) in [5, 5.41) is 0. The molecule has 0 radical (unpaired) electrons. The topological polar surface area (TPSA) is 57.7 Å². The van der Waals surface area contributed by atoms with Crippen molar-refractivity contribution in [2.75, 3.05) is 31.3 Å². The fourth-order valence-corrected chi connectivity index (χ4v) is 5.96. The van der Waals surface area contributed by atoms with Gasteiger partial charge in [-0.1, -0.05) is 30.3 Å². The van der Waals surface area contributed by atoms with Gasteiger partial charge in [-0.3, -0.25) is 4.79 Å². The fraction of sp³-hybridized carbons (Fsp3) is 0.350. The number of thioether (sulfide) groups is 1. The van der Waals surface area contributed by atoms with Crippen LogP contribution >= 0.6 is 11.8 Å². The molecule has 1 fully saturated rings. The van der Waals surface area contributed by atoms with E-state index in [4.69, 9.17) is 0 Å². The zero-order valence-electron chi connectivity index (χ0n) is 15.5. The Labute approximate surface area is 165 Å². The van der Waals surface area contributed by atoms with E-state index >= 15 is 0 Å². The summed E-state index contributed by atoms with van der Waals surface area (Å²) in [6.07, 6.45) is 2.95. The summed E-state index contributed by atoms with van der Waals surface area (Å²) < 4.78 is 27.5. The van der Waals surface area contributed by atoms with Crippen LogP contribution in [0.3, 0.4) is 0 Å². The van der Waals surface area contributed by atoms with Gasteiger partial charge >= 0.3 is 0 Å². The highest BCUT2D eigenvalue weighted by atomic mass is 32.2. The van der Waals surface area contributed by atoms with Gasteiger partial charge in [0.1, 0.15) is 0 Å². The van der Waals surface area contributed by atoms with Crippen LogP contribution in [0.15, 0.2) is 64.4 Å². The summed E-state index contributed by atoms with van der Waals surface area (Å²) >= 11 is 1.43. The first kappa shape index (κ1) is 19.9. The van der Waals surface area contributed by atoms with Gasteiger partial charge in [-0.25, -0.2) is 8.42 Å². The second-order valence-corrected chi connectivity index (χ2v) is 9.32. The summed E-state index contributed by atoms with van der Waals surface area (Å²) in [6, 6.07) is 16.6. The molecule has 1 aliphatic rings. The number of carbonyl (C=O) groups excluding carboxylic acids is 1. The maximum Gasteiger partial charge on any atom is 0.244 e. The largest absolute Gasteiger partial charge is 0.315 e. The van der Waals surface area contributed by atoms with Gasteiger partial charge in [0.25, 0.3) is 0 Å². The fourth-order valence-electron chi connectivity index (χ4n) is 3.37. The van der Waals surface area contributed by atoms with Gasteiger partial charge in [-0.2, -0.15) is 4.31 Å². The van der Waals surface area contributed by atoms with E-state index in [1.165, 1.54) is 16.1 Å². The number of benzene rings is 2. The molecule has 0 atom stereocenters.